The van der Waals surface area contributed by atoms with E-state index < -0.39 is 29.0 Å². The highest BCUT2D eigenvalue weighted by Crippen LogP contribution is 2.24. The monoisotopic (exact) mass is 452 g/mol. The summed E-state index contributed by atoms with van der Waals surface area (Å²) in [5.41, 5.74) is 5.61. The van der Waals surface area contributed by atoms with E-state index in [0.29, 0.717) is 5.69 Å². The summed E-state index contributed by atoms with van der Waals surface area (Å²) in [5, 5.41) is 0. The first kappa shape index (κ1) is 26.0. The van der Waals surface area contributed by atoms with Gasteiger partial charge in [0.15, 0.2) is 23.3 Å². The molecule has 0 heterocycles. The Morgan fingerprint density at radius 3 is 1.56 bits per heavy atom. The van der Waals surface area contributed by atoms with Crippen LogP contribution in [0.15, 0.2) is 30.3 Å². The van der Waals surface area contributed by atoms with Crippen LogP contribution < -0.4 is 10.9 Å². The third-order valence-corrected chi connectivity index (χ3v) is 5.72. The fraction of sp³-hybridized carbons (Fsp3) is 0.538. The number of benzene rings is 2. The maximum Gasteiger partial charge on any atom is 0.186 e. The number of hydrogen-bond donors (Lipinski definition) is 2. The molecule has 0 aliphatic carbocycles. The molecule has 0 spiro atoms. The quantitative estimate of drug-likeness (QED) is 0.115. The molecule has 6 heteroatoms. The van der Waals surface area contributed by atoms with E-state index >= 15 is 0 Å². The molecule has 32 heavy (non-hydrogen) atoms. The highest BCUT2D eigenvalue weighted by molar-refractivity contribution is 5.54. The Morgan fingerprint density at radius 2 is 1.06 bits per heavy atom. The molecule has 0 saturated carbocycles. The molecule has 2 N–H and O–H groups in total. The van der Waals surface area contributed by atoms with Crippen LogP contribution in [0.3, 0.4) is 0 Å². The minimum absolute atomic E-state index is 0.181. The molecule has 0 bridgehead atoms. The Bertz CT molecular complexity index is 767. The van der Waals surface area contributed by atoms with Crippen LogP contribution in [-0.2, 0) is 6.42 Å². The molecular formula is C26H36F4N2. The standard InChI is InChI=1S/C26H36F4N2/c1-2-3-4-5-6-7-8-9-10-11-12-13-14-20-15-17-21(18-16-20)31-32-26-24(29)22(27)19-23(28)25(26)30/h15-19,31-32H,2-14H2,1H3. The van der Waals surface area contributed by atoms with Crippen LogP contribution in [0.4, 0.5) is 28.9 Å². The van der Waals surface area contributed by atoms with Crippen molar-refractivity contribution in [3.63, 3.8) is 0 Å². The van der Waals surface area contributed by atoms with Crippen molar-refractivity contribution in [2.75, 3.05) is 10.9 Å². The van der Waals surface area contributed by atoms with E-state index in [2.05, 4.69) is 17.8 Å². The van der Waals surface area contributed by atoms with Crippen molar-refractivity contribution < 1.29 is 17.6 Å². The van der Waals surface area contributed by atoms with Crippen molar-refractivity contribution in [3.8, 4) is 0 Å². The van der Waals surface area contributed by atoms with Gasteiger partial charge in [0.05, 0.1) is 5.69 Å². The van der Waals surface area contributed by atoms with Gasteiger partial charge in [0, 0.05) is 6.07 Å². The Balaban J connectivity index is 1.59. The van der Waals surface area contributed by atoms with Crippen LogP contribution in [0.2, 0.25) is 0 Å². The Morgan fingerprint density at radius 1 is 0.594 bits per heavy atom. The molecule has 0 radical (unpaired) electrons. The van der Waals surface area contributed by atoms with Crippen molar-refractivity contribution in [3.05, 3.63) is 59.2 Å². The predicted molar refractivity (Wildman–Crippen MR) is 125 cm³/mol. The van der Waals surface area contributed by atoms with E-state index in [1.54, 1.807) is 12.1 Å². The number of rotatable bonds is 16. The van der Waals surface area contributed by atoms with Gasteiger partial charge in [-0.15, -0.1) is 0 Å². The second-order valence-corrected chi connectivity index (χ2v) is 8.43. The number of hydrazine groups is 1. The van der Waals surface area contributed by atoms with Gasteiger partial charge in [0.2, 0.25) is 0 Å². The highest BCUT2D eigenvalue weighted by atomic mass is 19.2. The molecule has 2 aromatic rings. The van der Waals surface area contributed by atoms with E-state index in [4.69, 9.17) is 0 Å². The van der Waals surface area contributed by atoms with Crippen LogP contribution in [-0.4, -0.2) is 0 Å². The van der Waals surface area contributed by atoms with Crippen LogP contribution in [0.5, 0.6) is 0 Å². The second kappa shape index (κ2) is 14.8. The molecule has 0 aromatic heterocycles. The van der Waals surface area contributed by atoms with Crippen molar-refractivity contribution in [2.24, 2.45) is 0 Å². The van der Waals surface area contributed by atoms with Gasteiger partial charge in [-0.2, -0.15) is 0 Å². The van der Waals surface area contributed by atoms with Crippen LogP contribution >= 0.6 is 0 Å². The molecule has 0 unspecified atom stereocenters. The first-order valence-electron chi connectivity index (χ1n) is 12.0. The first-order valence-corrected chi connectivity index (χ1v) is 12.0. The molecule has 2 rings (SSSR count). The average Bonchev–Trinajstić information content (AvgIpc) is 2.79. The molecule has 2 nitrogen and oxygen atoms in total. The average molecular weight is 453 g/mol. The summed E-state index contributed by atoms with van der Waals surface area (Å²) >= 11 is 0. The van der Waals surface area contributed by atoms with Crippen molar-refractivity contribution in [1.82, 2.24) is 0 Å². The molecule has 0 fully saturated rings. The van der Waals surface area contributed by atoms with Crippen LogP contribution in [0.25, 0.3) is 0 Å². The topological polar surface area (TPSA) is 24.1 Å². The third kappa shape index (κ3) is 9.09. The maximum atomic E-state index is 13.7. The predicted octanol–water partition coefficient (Wildman–Crippen LogP) is 8.93. The largest absolute Gasteiger partial charge is 0.301 e. The number of hydrogen-bond acceptors (Lipinski definition) is 2. The molecular weight excluding hydrogens is 416 g/mol. The van der Waals surface area contributed by atoms with Crippen LogP contribution in [0, 0.1) is 23.3 Å². The lowest BCUT2D eigenvalue weighted by Crippen LogP contribution is -2.13. The molecule has 0 atom stereocenters. The maximum absolute atomic E-state index is 13.7. The number of halogens is 4. The Hall–Kier alpha value is -2.24. The lowest BCUT2D eigenvalue weighted by Gasteiger charge is -2.12. The zero-order valence-corrected chi connectivity index (χ0v) is 19.1. The van der Waals surface area contributed by atoms with E-state index in [1.165, 1.54) is 76.2 Å². The van der Waals surface area contributed by atoms with E-state index in [1.807, 2.05) is 12.1 Å². The molecule has 0 amide bonds. The summed E-state index contributed by atoms with van der Waals surface area (Å²) in [5.74, 6) is -5.85. The number of nitrogens with one attached hydrogen (secondary N) is 2. The van der Waals surface area contributed by atoms with Gasteiger partial charge in [-0.25, -0.2) is 17.6 Å². The number of unbranched alkanes of at least 4 members (excludes halogenated alkanes) is 11. The third-order valence-electron chi connectivity index (χ3n) is 5.72. The molecule has 2 aromatic carbocycles. The molecule has 178 valence electrons. The van der Waals surface area contributed by atoms with Crippen molar-refractivity contribution >= 4 is 11.4 Å². The van der Waals surface area contributed by atoms with Gasteiger partial charge in [-0.1, -0.05) is 89.7 Å². The fourth-order valence-electron chi connectivity index (χ4n) is 3.74. The first-order chi connectivity index (χ1) is 15.5. The summed E-state index contributed by atoms with van der Waals surface area (Å²) in [6.45, 7) is 2.25. The van der Waals surface area contributed by atoms with Gasteiger partial charge >= 0.3 is 0 Å². The minimum atomic E-state index is -1.47. The van der Waals surface area contributed by atoms with E-state index in [-0.39, 0.29) is 6.07 Å². The minimum Gasteiger partial charge on any atom is -0.301 e. The summed E-state index contributed by atoms with van der Waals surface area (Å²) in [7, 11) is 0. The normalized spacial score (nSPS) is 11.0. The van der Waals surface area contributed by atoms with E-state index in [0.717, 1.165) is 12.8 Å². The summed E-state index contributed by atoms with van der Waals surface area (Å²) in [4.78, 5) is 0. The molecule has 0 aliphatic rings. The Kier molecular flexibility index (Phi) is 12.0. The summed E-state index contributed by atoms with van der Waals surface area (Å²) in [6.07, 6.45) is 16.7. The molecule has 0 aliphatic heterocycles. The van der Waals surface area contributed by atoms with Gasteiger partial charge in [-0.3, -0.25) is 5.43 Å². The fourth-order valence-corrected chi connectivity index (χ4v) is 3.74. The summed E-state index contributed by atoms with van der Waals surface area (Å²) < 4.78 is 53.8. The molecule has 0 saturated heterocycles. The smallest absolute Gasteiger partial charge is 0.186 e. The Labute approximate surface area is 189 Å². The second-order valence-electron chi connectivity index (χ2n) is 8.43. The van der Waals surface area contributed by atoms with Crippen molar-refractivity contribution in [2.45, 2.75) is 90.4 Å². The lowest BCUT2D eigenvalue weighted by molar-refractivity contribution is 0.459. The zero-order valence-electron chi connectivity index (χ0n) is 19.1. The SMILES string of the molecule is CCCCCCCCCCCCCCc1ccc(NNc2c(F)c(F)cc(F)c2F)cc1. The lowest BCUT2D eigenvalue weighted by atomic mass is 10.0. The van der Waals surface area contributed by atoms with Crippen LogP contribution in [0.1, 0.15) is 89.5 Å². The van der Waals surface area contributed by atoms with Crippen molar-refractivity contribution in [1.29, 1.82) is 0 Å². The van der Waals surface area contributed by atoms with Gasteiger partial charge < -0.3 is 5.43 Å². The van der Waals surface area contributed by atoms with Gasteiger partial charge in [0.25, 0.3) is 0 Å². The highest BCUT2D eigenvalue weighted by Gasteiger charge is 2.18. The number of aryl methyl sites for hydroxylation is 1. The van der Waals surface area contributed by atoms with Gasteiger partial charge in [0.1, 0.15) is 5.69 Å². The van der Waals surface area contributed by atoms with Gasteiger partial charge in [-0.05, 0) is 30.5 Å². The summed E-state index contributed by atoms with van der Waals surface area (Å²) in [6, 6.07) is 7.56. The van der Waals surface area contributed by atoms with E-state index in [9.17, 15) is 17.6 Å². The zero-order chi connectivity index (χ0) is 23.2. The number of anilines is 2.